The minimum absolute atomic E-state index is 0.125. The highest BCUT2D eigenvalue weighted by molar-refractivity contribution is 6.32. The monoisotopic (exact) mass is 729 g/mol. The molecule has 0 amide bonds. The third kappa shape index (κ3) is 10.4. The lowest BCUT2D eigenvalue weighted by Gasteiger charge is -2.30. The van der Waals surface area contributed by atoms with Crippen molar-refractivity contribution in [1.29, 1.82) is 10.5 Å². The SMILES string of the molecule is CN1CCC(c2cccc(C#N)c2Cl)CC1.CN1CCC(c2cccc(C#N)c2F)CC1.CN1CCC(c2cccc(C(F)(F)F)c2Cl)CC1. The predicted octanol–water partition coefficient (Wildman–Crippen LogP) is 9.70. The van der Waals surface area contributed by atoms with Crippen LogP contribution in [0, 0.1) is 28.5 Å². The topological polar surface area (TPSA) is 57.3 Å². The van der Waals surface area contributed by atoms with E-state index in [0.29, 0.717) is 27.6 Å². The number of hydrogen-bond donors (Lipinski definition) is 0. The van der Waals surface area contributed by atoms with E-state index in [4.69, 9.17) is 33.7 Å². The Balaban J connectivity index is 0.000000169. The first-order valence-corrected chi connectivity index (χ1v) is 17.9. The number of alkyl halides is 3. The second-order valence-corrected chi connectivity index (χ2v) is 14.3. The van der Waals surface area contributed by atoms with Crippen LogP contribution in [0.4, 0.5) is 17.6 Å². The number of halogens is 6. The van der Waals surface area contributed by atoms with E-state index in [1.807, 2.05) is 25.2 Å². The molecule has 0 bridgehead atoms. The van der Waals surface area contributed by atoms with Gasteiger partial charge in [0.2, 0.25) is 0 Å². The van der Waals surface area contributed by atoms with Crippen LogP contribution in [-0.4, -0.2) is 75.1 Å². The molecule has 3 aromatic rings. The standard InChI is InChI=1S/C13H15ClF3N.C13H15ClN2.C13H15FN2/c1-18-7-5-9(6-8-18)10-3-2-4-11(12(10)14)13(15,16)17;2*1-16-7-5-10(6-8-16)12-4-2-3-11(9-15)13(12)14/h2-4,9H,5-8H2,1H3;2*2-4,10H,5-8H2,1H3. The van der Waals surface area contributed by atoms with Crippen molar-refractivity contribution < 1.29 is 17.6 Å². The van der Waals surface area contributed by atoms with Crippen LogP contribution in [0.3, 0.4) is 0 Å². The Kier molecular flexibility index (Phi) is 14.5. The molecule has 11 heteroatoms. The molecule has 3 aliphatic rings. The average molecular weight is 731 g/mol. The maximum Gasteiger partial charge on any atom is 0.417 e. The van der Waals surface area contributed by atoms with Gasteiger partial charge in [-0.2, -0.15) is 23.7 Å². The molecule has 5 nitrogen and oxygen atoms in total. The van der Waals surface area contributed by atoms with Gasteiger partial charge >= 0.3 is 6.18 Å². The van der Waals surface area contributed by atoms with Crippen LogP contribution < -0.4 is 0 Å². The zero-order valence-electron chi connectivity index (χ0n) is 28.9. The fourth-order valence-electron chi connectivity index (χ4n) is 6.95. The van der Waals surface area contributed by atoms with Crippen molar-refractivity contribution in [3.63, 3.8) is 0 Å². The van der Waals surface area contributed by atoms with Crippen LogP contribution in [0.5, 0.6) is 0 Å². The highest BCUT2D eigenvalue weighted by atomic mass is 35.5. The van der Waals surface area contributed by atoms with Gasteiger partial charge in [-0.05, 0) is 152 Å². The molecule has 3 fully saturated rings. The first-order valence-electron chi connectivity index (χ1n) is 17.1. The normalized spacial score (nSPS) is 18.6. The lowest BCUT2D eigenvalue weighted by molar-refractivity contribution is -0.137. The second-order valence-electron chi connectivity index (χ2n) is 13.6. The molecule has 3 aliphatic heterocycles. The van der Waals surface area contributed by atoms with Gasteiger partial charge in [0, 0.05) is 0 Å². The Morgan fingerprint density at radius 1 is 0.580 bits per heavy atom. The highest BCUT2D eigenvalue weighted by Crippen LogP contribution is 2.41. The summed E-state index contributed by atoms with van der Waals surface area (Å²) in [7, 11) is 6.24. The summed E-state index contributed by atoms with van der Waals surface area (Å²) in [5.74, 6) is 0.594. The van der Waals surface area contributed by atoms with Gasteiger partial charge < -0.3 is 14.7 Å². The molecule has 0 atom stereocenters. The number of hydrogen-bond acceptors (Lipinski definition) is 5. The molecule has 50 heavy (non-hydrogen) atoms. The zero-order valence-corrected chi connectivity index (χ0v) is 30.4. The van der Waals surface area contributed by atoms with Gasteiger partial charge in [0.25, 0.3) is 0 Å². The van der Waals surface area contributed by atoms with Crippen LogP contribution in [0.25, 0.3) is 0 Å². The van der Waals surface area contributed by atoms with Gasteiger partial charge in [0.05, 0.1) is 26.7 Å². The van der Waals surface area contributed by atoms with Crippen LogP contribution in [-0.2, 0) is 6.18 Å². The van der Waals surface area contributed by atoms with Crippen molar-refractivity contribution in [3.8, 4) is 12.1 Å². The van der Waals surface area contributed by atoms with Gasteiger partial charge in [-0.15, -0.1) is 0 Å². The molecule has 0 spiro atoms. The summed E-state index contributed by atoms with van der Waals surface area (Å²) < 4.78 is 52.2. The summed E-state index contributed by atoms with van der Waals surface area (Å²) >= 11 is 12.2. The van der Waals surface area contributed by atoms with E-state index in [1.54, 1.807) is 18.2 Å². The summed E-state index contributed by atoms with van der Waals surface area (Å²) in [6.45, 7) is 6.02. The van der Waals surface area contributed by atoms with Gasteiger partial charge in [-0.25, -0.2) is 4.39 Å². The smallest absolute Gasteiger partial charge is 0.306 e. The predicted molar refractivity (Wildman–Crippen MR) is 192 cm³/mol. The number of benzene rings is 3. The van der Waals surface area contributed by atoms with Crippen molar-refractivity contribution in [2.75, 3.05) is 60.4 Å². The van der Waals surface area contributed by atoms with E-state index in [0.717, 1.165) is 89.4 Å². The molecular formula is C39H45Cl2F4N5. The molecule has 0 saturated carbocycles. The van der Waals surface area contributed by atoms with E-state index in [2.05, 4.69) is 40.9 Å². The fraction of sp³-hybridized carbons (Fsp3) is 0.487. The summed E-state index contributed by atoms with van der Waals surface area (Å²) in [6, 6.07) is 19.1. The quantitative estimate of drug-likeness (QED) is 0.251. The Bertz CT molecular complexity index is 1560. The van der Waals surface area contributed by atoms with Crippen LogP contribution in [0.15, 0.2) is 54.6 Å². The Hall–Kier alpha value is -3.18. The van der Waals surface area contributed by atoms with Crippen LogP contribution in [0.2, 0.25) is 10.0 Å². The van der Waals surface area contributed by atoms with Crippen molar-refractivity contribution in [2.24, 2.45) is 0 Å². The van der Waals surface area contributed by atoms with Gasteiger partial charge in [-0.3, -0.25) is 0 Å². The van der Waals surface area contributed by atoms with Crippen molar-refractivity contribution in [1.82, 2.24) is 14.7 Å². The number of nitrogens with zero attached hydrogens (tertiary/aromatic N) is 5. The number of rotatable bonds is 3. The zero-order chi connectivity index (χ0) is 36.4. The molecule has 0 N–H and O–H groups in total. The van der Waals surface area contributed by atoms with Crippen LogP contribution in [0.1, 0.15) is 89.7 Å². The number of likely N-dealkylation sites (tertiary alicyclic amines) is 3. The Morgan fingerprint density at radius 3 is 1.36 bits per heavy atom. The molecule has 0 aromatic heterocycles. The largest absolute Gasteiger partial charge is 0.417 e. The molecule has 3 saturated heterocycles. The van der Waals surface area contributed by atoms with Gasteiger partial charge in [0.1, 0.15) is 18.0 Å². The molecule has 268 valence electrons. The summed E-state index contributed by atoms with van der Waals surface area (Å²) in [4.78, 5) is 6.76. The van der Waals surface area contributed by atoms with E-state index in [1.165, 1.54) is 12.1 Å². The lowest BCUT2D eigenvalue weighted by atomic mass is 9.88. The van der Waals surface area contributed by atoms with Gasteiger partial charge in [-0.1, -0.05) is 59.6 Å². The molecule has 3 aromatic carbocycles. The average Bonchev–Trinajstić information content (AvgIpc) is 3.10. The maximum absolute atomic E-state index is 13.9. The molecule has 6 rings (SSSR count). The van der Waals surface area contributed by atoms with E-state index < -0.39 is 11.7 Å². The van der Waals surface area contributed by atoms with Crippen molar-refractivity contribution in [3.05, 3.63) is 104 Å². The first-order chi connectivity index (χ1) is 23.8. The number of nitriles is 2. The van der Waals surface area contributed by atoms with E-state index in [-0.39, 0.29) is 28.2 Å². The van der Waals surface area contributed by atoms with Crippen molar-refractivity contribution >= 4 is 23.2 Å². The second kappa shape index (κ2) is 18.4. The molecular weight excluding hydrogens is 685 g/mol. The summed E-state index contributed by atoms with van der Waals surface area (Å²) in [5, 5.41) is 18.3. The lowest BCUT2D eigenvalue weighted by Crippen LogP contribution is -2.29. The molecule has 0 aliphatic carbocycles. The van der Waals surface area contributed by atoms with Gasteiger partial charge in [0.15, 0.2) is 0 Å². The third-order valence-corrected chi connectivity index (χ3v) is 11.0. The minimum Gasteiger partial charge on any atom is -0.306 e. The Labute approximate surface area is 304 Å². The molecule has 3 heterocycles. The third-order valence-electron chi connectivity index (χ3n) is 10.1. The summed E-state index contributed by atoms with van der Waals surface area (Å²) in [5.41, 5.74) is 2.54. The number of piperidine rings is 3. The molecule has 0 radical (unpaired) electrons. The fourth-order valence-corrected chi connectivity index (χ4v) is 7.66. The maximum atomic E-state index is 13.9. The van der Waals surface area contributed by atoms with Crippen molar-refractivity contribution in [2.45, 2.75) is 62.5 Å². The highest BCUT2D eigenvalue weighted by Gasteiger charge is 2.35. The summed E-state index contributed by atoms with van der Waals surface area (Å²) in [6.07, 6.45) is 1.55. The minimum atomic E-state index is -4.38. The first kappa shape index (κ1) is 39.6. The van der Waals surface area contributed by atoms with E-state index >= 15 is 0 Å². The van der Waals surface area contributed by atoms with E-state index in [9.17, 15) is 17.6 Å². The molecule has 0 unspecified atom stereocenters. The Morgan fingerprint density at radius 2 is 0.940 bits per heavy atom. The van der Waals surface area contributed by atoms with Crippen LogP contribution >= 0.6 is 23.2 Å².